The third kappa shape index (κ3) is 4.59. The summed E-state index contributed by atoms with van der Waals surface area (Å²) in [7, 11) is 0. The summed E-state index contributed by atoms with van der Waals surface area (Å²) >= 11 is 1.53. The Morgan fingerprint density at radius 1 is 1.46 bits per heavy atom. The average Bonchev–Trinajstić information content (AvgIpc) is 3.04. The zero-order valence-electron chi connectivity index (χ0n) is 15.1. The fourth-order valence-electron chi connectivity index (χ4n) is 2.81. The minimum atomic E-state index is -4.71. The molecule has 3 rings (SSSR count). The third-order valence-corrected chi connectivity index (χ3v) is 4.78. The standard InChI is InChI=1S/C15H19F3N8OS/c1-3-20-10(28-2)8-25-4-5-27-9(6-25)7-26-13-11(23-24-26)12(19)21-14(22-13)15(16,17)18/h3,9H,1,4-8H2,2H3,(H2,19,21,22). The second-order valence-electron chi connectivity index (χ2n) is 6.01. The van der Waals surface area contributed by atoms with Crippen molar-refractivity contribution in [2.45, 2.75) is 18.8 Å². The molecular weight excluding hydrogens is 397 g/mol. The van der Waals surface area contributed by atoms with Crippen LogP contribution in [0.1, 0.15) is 5.82 Å². The maximum Gasteiger partial charge on any atom is 0.451 e. The van der Waals surface area contributed by atoms with E-state index in [0.717, 1.165) is 11.6 Å². The highest BCUT2D eigenvalue weighted by atomic mass is 32.2. The summed E-state index contributed by atoms with van der Waals surface area (Å²) in [5.74, 6) is -1.68. The van der Waals surface area contributed by atoms with Crippen molar-refractivity contribution in [1.29, 1.82) is 0 Å². The van der Waals surface area contributed by atoms with E-state index in [1.54, 1.807) is 0 Å². The molecule has 13 heteroatoms. The largest absolute Gasteiger partial charge is 0.451 e. The van der Waals surface area contributed by atoms with Crippen molar-refractivity contribution in [3.63, 3.8) is 0 Å². The minimum absolute atomic E-state index is 0.0310. The lowest BCUT2D eigenvalue weighted by Crippen LogP contribution is -2.45. The van der Waals surface area contributed by atoms with Gasteiger partial charge in [-0.2, -0.15) is 13.2 Å². The number of nitrogens with zero attached hydrogens (tertiary/aromatic N) is 7. The molecule has 0 saturated carbocycles. The molecule has 1 atom stereocenters. The van der Waals surface area contributed by atoms with Gasteiger partial charge in [-0.3, -0.25) is 9.89 Å². The first-order chi connectivity index (χ1) is 13.3. The van der Waals surface area contributed by atoms with E-state index in [2.05, 4.69) is 36.8 Å². The number of aromatic nitrogens is 5. The Morgan fingerprint density at radius 2 is 2.25 bits per heavy atom. The van der Waals surface area contributed by atoms with Gasteiger partial charge in [0.05, 0.1) is 24.3 Å². The SMILES string of the molecule is C=CN=C(CN1CCOC(Cn2nnc3c(N)nc(C(F)(F)F)nc32)C1)SC. The van der Waals surface area contributed by atoms with Gasteiger partial charge in [-0.05, 0) is 6.26 Å². The number of nitrogens with two attached hydrogens (primary N) is 1. The number of alkyl halides is 3. The Balaban J connectivity index is 1.78. The lowest BCUT2D eigenvalue weighted by molar-refractivity contribution is -0.144. The molecule has 1 fully saturated rings. The highest BCUT2D eigenvalue weighted by Gasteiger charge is 2.36. The summed E-state index contributed by atoms with van der Waals surface area (Å²) in [5.41, 5.74) is 5.55. The smallest absolute Gasteiger partial charge is 0.382 e. The fraction of sp³-hybridized carbons (Fsp3) is 0.533. The van der Waals surface area contributed by atoms with E-state index in [-0.39, 0.29) is 29.6 Å². The van der Waals surface area contributed by atoms with Gasteiger partial charge in [0.15, 0.2) is 17.0 Å². The molecule has 1 aliphatic rings. The zero-order valence-corrected chi connectivity index (χ0v) is 15.9. The normalized spacial score (nSPS) is 19.3. The molecule has 9 nitrogen and oxygen atoms in total. The van der Waals surface area contributed by atoms with Crippen molar-refractivity contribution in [2.24, 2.45) is 4.99 Å². The van der Waals surface area contributed by atoms with Gasteiger partial charge in [-0.1, -0.05) is 11.8 Å². The molecule has 1 saturated heterocycles. The molecule has 0 amide bonds. The van der Waals surface area contributed by atoms with Crippen LogP contribution in [0.5, 0.6) is 0 Å². The summed E-state index contributed by atoms with van der Waals surface area (Å²) in [6, 6.07) is 0. The van der Waals surface area contributed by atoms with Crippen LogP contribution in [0.4, 0.5) is 19.0 Å². The van der Waals surface area contributed by atoms with E-state index < -0.39 is 12.0 Å². The molecule has 0 aromatic carbocycles. The monoisotopic (exact) mass is 416 g/mol. The van der Waals surface area contributed by atoms with E-state index in [1.165, 1.54) is 22.6 Å². The van der Waals surface area contributed by atoms with Gasteiger partial charge in [0.1, 0.15) is 0 Å². The van der Waals surface area contributed by atoms with Gasteiger partial charge < -0.3 is 10.5 Å². The van der Waals surface area contributed by atoms with E-state index in [4.69, 9.17) is 10.5 Å². The van der Waals surface area contributed by atoms with E-state index >= 15 is 0 Å². The quantitative estimate of drug-likeness (QED) is 0.576. The first-order valence-electron chi connectivity index (χ1n) is 8.31. The number of ether oxygens (including phenoxy) is 1. The van der Waals surface area contributed by atoms with Crippen LogP contribution in [0.15, 0.2) is 17.8 Å². The molecule has 152 valence electrons. The van der Waals surface area contributed by atoms with Gasteiger partial charge in [0.2, 0.25) is 5.82 Å². The Hall–Kier alpha value is -2.25. The number of thioether (sulfide) groups is 1. The fourth-order valence-corrected chi connectivity index (χ4v) is 3.30. The Bertz CT molecular complexity index is 884. The van der Waals surface area contributed by atoms with E-state index in [1.807, 2.05) is 6.26 Å². The summed E-state index contributed by atoms with van der Waals surface area (Å²) < 4.78 is 45.9. The second-order valence-corrected chi connectivity index (χ2v) is 6.89. The number of anilines is 1. The van der Waals surface area contributed by atoms with Crippen LogP contribution >= 0.6 is 11.8 Å². The highest BCUT2D eigenvalue weighted by molar-refractivity contribution is 8.13. The summed E-state index contributed by atoms with van der Waals surface area (Å²) in [5, 5.41) is 8.60. The van der Waals surface area contributed by atoms with Crippen molar-refractivity contribution in [3.8, 4) is 0 Å². The van der Waals surface area contributed by atoms with Crippen LogP contribution in [0.2, 0.25) is 0 Å². The lowest BCUT2D eigenvalue weighted by atomic mass is 10.2. The molecule has 28 heavy (non-hydrogen) atoms. The number of rotatable bonds is 5. The van der Waals surface area contributed by atoms with Gasteiger partial charge >= 0.3 is 6.18 Å². The molecule has 1 unspecified atom stereocenters. The number of halogens is 3. The predicted octanol–water partition coefficient (Wildman–Crippen LogP) is 1.43. The van der Waals surface area contributed by atoms with Crippen LogP contribution in [-0.2, 0) is 17.5 Å². The highest BCUT2D eigenvalue weighted by Crippen LogP contribution is 2.28. The summed E-state index contributed by atoms with van der Waals surface area (Å²) in [4.78, 5) is 13.2. The molecule has 0 aliphatic carbocycles. The Morgan fingerprint density at radius 3 is 2.93 bits per heavy atom. The van der Waals surface area contributed by atoms with E-state index in [0.29, 0.717) is 19.7 Å². The Kier molecular flexibility index (Phi) is 6.15. The lowest BCUT2D eigenvalue weighted by Gasteiger charge is -2.32. The number of morpholine rings is 1. The molecule has 1 aliphatic heterocycles. The molecule has 2 aromatic heterocycles. The van der Waals surface area contributed by atoms with Gasteiger partial charge in [0.25, 0.3) is 0 Å². The zero-order chi connectivity index (χ0) is 20.3. The van der Waals surface area contributed by atoms with Crippen molar-refractivity contribution in [3.05, 3.63) is 18.6 Å². The van der Waals surface area contributed by atoms with Gasteiger partial charge in [0, 0.05) is 25.8 Å². The maximum atomic E-state index is 13.0. The first kappa shape index (κ1) is 20.5. The van der Waals surface area contributed by atoms with Crippen molar-refractivity contribution in [1.82, 2.24) is 29.9 Å². The summed E-state index contributed by atoms with van der Waals surface area (Å²) in [6.07, 6.45) is -1.58. The number of hydrogen-bond acceptors (Lipinski definition) is 9. The maximum absolute atomic E-state index is 13.0. The molecule has 0 bridgehead atoms. The molecule has 2 N–H and O–H groups in total. The van der Waals surface area contributed by atoms with Crippen molar-refractivity contribution in [2.75, 3.05) is 38.2 Å². The minimum Gasteiger partial charge on any atom is -0.382 e. The summed E-state index contributed by atoms with van der Waals surface area (Å²) in [6.45, 7) is 6.19. The van der Waals surface area contributed by atoms with Gasteiger partial charge in [-0.15, -0.1) is 16.9 Å². The van der Waals surface area contributed by atoms with E-state index in [9.17, 15) is 13.2 Å². The van der Waals surface area contributed by atoms with Crippen molar-refractivity contribution >= 4 is 33.8 Å². The van der Waals surface area contributed by atoms with Crippen LogP contribution in [0.25, 0.3) is 11.2 Å². The first-order valence-corrected chi connectivity index (χ1v) is 9.53. The average molecular weight is 416 g/mol. The second kappa shape index (κ2) is 8.41. The van der Waals surface area contributed by atoms with Crippen LogP contribution in [0.3, 0.4) is 0 Å². The number of hydrogen-bond donors (Lipinski definition) is 1. The Labute approximate surface area is 162 Å². The number of nitrogen functional groups attached to an aromatic ring is 1. The van der Waals surface area contributed by atoms with Crippen LogP contribution in [-0.4, -0.2) is 73.5 Å². The number of aliphatic imine (C=N–C) groups is 1. The molecule has 3 heterocycles. The molecule has 0 radical (unpaired) electrons. The topological polar surface area (TPSA) is 107 Å². The molecular formula is C15H19F3N8OS. The number of fused-ring (bicyclic) bond motifs is 1. The van der Waals surface area contributed by atoms with Crippen LogP contribution < -0.4 is 5.73 Å². The third-order valence-electron chi connectivity index (χ3n) is 4.07. The predicted molar refractivity (Wildman–Crippen MR) is 99.9 cm³/mol. The van der Waals surface area contributed by atoms with Gasteiger partial charge in [-0.25, -0.2) is 14.6 Å². The van der Waals surface area contributed by atoms with Crippen LogP contribution in [0, 0.1) is 0 Å². The molecule has 0 spiro atoms. The molecule has 2 aromatic rings. The van der Waals surface area contributed by atoms with Crippen molar-refractivity contribution < 1.29 is 17.9 Å².